The Hall–Kier alpha value is -3.07. The second-order valence-electron chi connectivity index (χ2n) is 7.59. The Kier molecular flexibility index (Phi) is 8.49. The van der Waals surface area contributed by atoms with Gasteiger partial charge in [0.1, 0.15) is 11.5 Å². The Bertz CT molecular complexity index is 1070. The summed E-state index contributed by atoms with van der Waals surface area (Å²) in [6, 6.07) is 24.8. The van der Waals surface area contributed by atoms with Gasteiger partial charge >= 0.3 is 0 Å². The van der Waals surface area contributed by atoms with Gasteiger partial charge in [-0.2, -0.15) is 0 Å². The van der Waals surface area contributed by atoms with Gasteiger partial charge in [0.25, 0.3) is 0 Å². The zero-order valence-corrected chi connectivity index (χ0v) is 20.0. The van der Waals surface area contributed by atoms with Gasteiger partial charge in [0.05, 0.1) is 6.54 Å². The maximum absolute atomic E-state index is 12.1. The minimum atomic E-state index is 0. The third-order valence-electron chi connectivity index (χ3n) is 5.19. The molecule has 4 rings (SSSR count). The number of rotatable bonds is 7. The molecular formula is C25H27IN4O2. The minimum absolute atomic E-state index is 0. The number of carbonyl (C=O) groups excluding carboxylic acids is 1. The first-order chi connectivity index (χ1) is 15.2. The number of nitrogens with two attached hydrogens (primary N) is 1. The van der Waals surface area contributed by atoms with E-state index in [1.54, 1.807) is 0 Å². The molecule has 32 heavy (non-hydrogen) atoms. The fourth-order valence-electron chi connectivity index (χ4n) is 3.29. The molecule has 0 spiro atoms. The highest BCUT2D eigenvalue weighted by Gasteiger charge is 2.25. The average Bonchev–Trinajstić information content (AvgIpc) is 2.72. The average molecular weight is 542 g/mol. The van der Waals surface area contributed by atoms with Crippen LogP contribution in [0.5, 0.6) is 11.5 Å². The van der Waals surface area contributed by atoms with Gasteiger partial charge in [-0.3, -0.25) is 4.79 Å². The topological polar surface area (TPSA) is 88.7 Å². The molecule has 3 aromatic rings. The van der Waals surface area contributed by atoms with E-state index in [4.69, 9.17) is 10.5 Å². The van der Waals surface area contributed by atoms with Crippen molar-refractivity contribution in [2.24, 2.45) is 16.6 Å². The van der Waals surface area contributed by atoms with E-state index in [9.17, 15) is 4.79 Å². The highest BCUT2D eigenvalue weighted by Crippen LogP contribution is 2.28. The molecule has 0 bridgehead atoms. The van der Waals surface area contributed by atoms with Gasteiger partial charge in [0, 0.05) is 23.4 Å². The lowest BCUT2D eigenvalue weighted by molar-refractivity contribution is -0.122. The number of carbonyl (C=O) groups is 1. The molecule has 0 aromatic heterocycles. The number of nitrogens with zero attached hydrogens (tertiary/aromatic N) is 1. The monoisotopic (exact) mass is 542 g/mol. The molecule has 3 aromatic carbocycles. The van der Waals surface area contributed by atoms with Crippen LogP contribution in [0.3, 0.4) is 0 Å². The minimum Gasteiger partial charge on any atom is -0.457 e. The number of ether oxygens (including phenoxy) is 1. The zero-order chi connectivity index (χ0) is 21.5. The number of guanidine groups is 1. The number of nitrogens with one attached hydrogen (secondary N) is 2. The van der Waals surface area contributed by atoms with Crippen LogP contribution in [-0.2, 0) is 11.3 Å². The molecule has 1 fully saturated rings. The number of aliphatic imine (C=N–C) groups is 1. The fourth-order valence-corrected chi connectivity index (χ4v) is 3.29. The Morgan fingerprint density at radius 3 is 2.31 bits per heavy atom. The third-order valence-corrected chi connectivity index (χ3v) is 5.19. The van der Waals surface area contributed by atoms with E-state index < -0.39 is 0 Å². The molecule has 6 nitrogen and oxygen atoms in total. The van der Waals surface area contributed by atoms with Gasteiger partial charge in [-0.05, 0) is 54.8 Å². The highest BCUT2D eigenvalue weighted by molar-refractivity contribution is 14.0. The van der Waals surface area contributed by atoms with E-state index >= 15 is 0 Å². The smallest absolute Gasteiger partial charge is 0.227 e. The second kappa shape index (κ2) is 11.5. The summed E-state index contributed by atoms with van der Waals surface area (Å²) in [5.74, 6) is 2.04. The van der Waals surface area contributed by atoms with Crippen LogP contribution in [0.25, 0.3) is 0 Å². The van der Waals surface area contributed by atoms with E-state index in [0.717, 1.165) is 42.0 Å². The predicted octanol–water partition coefficient (Wildman–Crippen LogP) is 5.76. The first kappa shape index (κ1) is 23.6. The van der Waals surface area contributed by atoms with E-state index in [1.165, 1.54) is 0 Å². The standard InChI is InChI=1S/C25H26N4O2.HI/c26-25(29-21-11-6-14-23(16-21)31-22-12-2-1-3-13-22)27-17-18-7-4-10-20(15-18)28-24(30)19-8-5-9-19;/h1-4,6-7,10-16,19H,5,8-9,17H2,(H,28,30)(H3,26,27,29);1H. The highest BCUT2D eigenvalue weighted by atomic mass is 127. The molecule has 0 atom stereocenters. The van der Waals surface area contributed by atoms with Crippen molar-refractivity contribution in [1.82, 2.24) is 0 Å². The summed E-state index contributed by atoms with van der Waals surface area (Å²) in [6.07, 6.45) is 3.10. The number of halogens is 1. The number of amides is 1. The van der Waals surface area contributed by atoms with Gasteiger partial charge < -0.3 is 21.1 Å². The van der Waals surface area contributed by atoms with Crippen molar-refractivity contribution in [2.45, 2.75) is 25.8 Å². The van der Waals surface area contributed by atoms with Crippen molar-refractivity contribution >= 4 is 47.2 Å². The summed E-state index contributed by atoms with van der Waals surface area (Å²) < 4.78 is 5.85. The van der Waals surface area contributed by atoms with Crippen molar-refractivity contribution in [3.8, 4) is 11.5 Å². The molecule has 0 heterocycles. The molecular weight excluding hydrogens is 515 g/mol. The summed E-state index contributed by atoms with van der Waals surface area (Å²) in [6.45, 7) is 0.409. The summed E-state index contributed by atoms with van der Waals surface area (Å²) in [5, 5.41) is 6.08. The van der Waals surface area contributed by atoms with Crippen LogP contribution in [-0.4, -0.2) is 11.9 Å². The fraction of sp³-hybridized carbons (Fsp3) is 0.200. The van der Waals surface area contributed by atoms with Crippen LogP contribution in [0, 0.1) is 5.92 Å². The van der Waals surface area contributed by atoms with Gasteiger partial charge in [0.15, 0.2) is 5.96 Å². The van der Waals surface area contributed by atoms with Crippen LogP contribution < -0.4 is 21.1 Å². The van der Waals surface area contributed by atoms with Crippen molar-refractivity contribution in [2.75, 3.05) is 10.6 Å². The third kappa shape index (κ3) is 6.71. The predicted molar refractivity (Wildman–Crippen MR) is 140 cm³/mol. The van der Waals surface area contributed by atoms with Crippen LogP contribution in [0.4, 0.5) is 11.4 Å². The lowest BCUT2D eigenvalue weighted by Crippen LogP contribution is -2.28. The van der Waals surface area contributed by atoms with Crippen LogP contribution in [0.2, 0.25) is 0 Å². The molecule has 1 aliphatic carbocycles. The molecule has 0 unspecified atom stereocenters. The number of hydrogen-bond donors (Lipinski definition) is 3. The Labute approximate surface area is 205 Å². The summed E-state index contributed by atoms with van der Waals surface area (Å²) >= 11 is 0. The number of anilines is 2. The Balaban J connectivity index is 0.00000289. The van der Waals surface area contributed by atoms with Crippen molar-refractivity contribution in [3.63, 3.8) is 0 Å². The van der Waals surface area contributed by atoms with Gasteiger partial charge in [-0.25, -0.2) is 4.99 Å². The quantitative estimate of drug-likeness (QED) is 0.201. The molecule has 0 aliphatic heterocycles. The lowest BCUT2D eigenvalue weighted by Gasteiger charge is -2.24. The summed E-state index contributed by atoms with van der Waals surface area (Å²) in [4.78, 5) is 16.6. The Morgan fingerprint density at radius 2 is 1.59 bits per heavy atom. The molecule has 4 N–H and O–H groups in total. The van der Waals surface area contributed by atoms with Gasteiger partial charge in [-0.15, -0.1) is 24.0 Å². The summed E-state index contributed by atoms with van der Waals surface area (Å²) in [5.41, 5.74) is 8.62. The van der Waals surface area contributed by atoms with E-state index in [2.05, 4.69) is 15.6 Å². The second-order valence-corrected chi connectivity index (χ2v) is 7.59. The molecule has 1 aliphatic rings. The van der Waals surface area contributed by atoms with E-state index in [0.29, 0.717) is 18.3 Å². The molecule has 1 saturated carbocycles. The van der Waals surface area contributed by atoms with Crippen LogP contribution in [0.1, 0.15) is 24.8 Å². The maximum atomic E-state index is 12.1. The SMILES string of the molecule is I.NC(=NCc1cccc(NC(=O)C2CCC2)c1)Nc1cccc(Oc2ccccc2)c1. The largest absolute Gasteiger partial charge is 0.457 e. The first-order valence-corrected chi connectivity index (χ1v) is 10.5. The first-order valence-electron chi connectivity index (χ1n) is 10.5. The van der Waals surface area contributed by atoms with Crippen molar-refractivity contribution in [3.05, 3.63) is 84.4 Å². The van der Waals surface area contributed by atoms with Gasteiger partial charge in [-0.1, -0.05) is 42.8 Å². The Morgan fingerprint density at radius 1 is 0.906 bits per heavy atom. The normalized spacial score (nSPS) is 13.4. The number of para-hydroxylation sites is 1. The maximum Gasteiger partial charge on any atom is 0.227 e. The zero-order valence-electron chi connectivity index (χ0n) is 17.7. The molecule has 7 heteroatoms. The molecule has 0 saturated heterocycles. The lowest BCUT2D eigenvalue weighted by atomic mass is 9.85. The number of hydrogen-bond acceptors (Lipinski definition) is 3. The van der Waals surface area contributed by atoms with Crippen LogP contribution >= 0.6 is 24.0 Å². The van der Waals surface area contributed by atoms with Crippen LogP contribution in [0.15, 0.2) is 83.9 Å². The summed E-state index contributed by atoms with van der Waals surface area (Å²) in [7, 11) is 0. The van der Waals surface area contributed by atoms with E-state index in [1.807, 2.05) is 78.9 Å². The molecule has 0 radical (unpaired) electrons. The van der Waals surface area contributed by atoms with Crippen molar-refractivity contribution < 1.29 is 9.53 Å². The van der Waals surface area contributed by atoms with Gasteiger partial charge in [0.2, 0.25) is 5.91 Å². The van der Waals surface area contributed by atoms with E-state index in [-0.39, 0.29) is 35.8 Å². The molecule has 1 amide bonds. The number of benzene rings is 3. The molecule has 166 valence electrons. The van der Waals surface area contributed by atoms with Crippen molar-refractivity contribution in [1.29, 1.82) is 0 Å².